The third-order valence-electron chi connectivity index (χ3n) is 3.56. The molecular formula is C15H17NOS. The van der Waals surface area contributed by atoms with Crippen molar-refractivity contribution in [3.8, 4) is 0 Å². The lowest BCUT2D eigenvalue weighted by Gasteiger charge is -2.22. The van der Waals surface area contributed by atoms with E-state index in [4.69, 9.17) is 0 Å². The predicted octanol–water partition coefficient (Wildman–Crippen LogP) is 2.84. The SMILES string of the molecule is OC1(c2cccs2)CCN(Cc2ccccc2)C1. The first-order chi connectivity index (χ1) is 8.76. The summed E-state index contributed by atoms with van der Waals surface area (Å²) < 4.78 is 0. The minimum Gasteiger partial charge on any atom is -0.383 e. The highest BCUT2D eigenvalue weighted by Gasteiger charge is 2.38. The van der Waals surface area contributed by atoms with Crippen molar-refractivity contribution < 1.29 is 5.11 Å². The number of β-amino-alcohol motifs (C(OH)–C–C–N with tert-alkyl or cyclic N) is 1. The van der Waals surface area contributed by atoms with Gasteiger partial charge in [-0.15, -0.1) is 11.3 Å². The van der Waals surface area contributed by atoms with Crippen LogP contribution in [0.1, 0.15) is 16.9 Å². The number of nitrogens with zero attached hydrogens (tertiary/aromatic N) is 1. The van der Waals surface area contributed by atoms with Gasteiger partial charge in [0, 0.05) is 24.5 Å². The standard InChI is InChI=1S/C15H17NOS/c17-15(14-7-4-10-18-14)8-9-16(12-15)11-13-5-2-1-3-6-13/h1-7,10,17H,8-9,11-12H2. The zero-order valence-electron chi connectivity index (χ0n) is 10.2. The Morgan fingerprint density at radius 1 is 1.17 bits per heavy atom. The van der Waals surface area contributed by atoms with Gasteiger partial charge in [-0.3, -0.25) is 4.90 Å². The molecule has 1 fully saturated rings. The maximum Gasteiger partial charge on any atom is 0.113 e. The molecule has 1 atom stereocenters. The van der Waals surface area contributed by atoms with Crippen molar-refractivity contribution in [2.24, 2.45) is 0 Å². The van der Waals surface area contributed by atoms with E-state index in [9.17, 15) is 5.11 Å². The first kappa shape index (κ1) is 11.9. The summed E-state index contributed by atoms with van der Waals surface area (Å²) in [5.74, 6) is 0. The second-order valence-corrected chi connectivity index (χ2v) is 5.90. The molecule has 2 nitrogen and oxygen atoms in total. The van der Waals surface area contributed by atoms with E-state index in [0.717, 1.165) is 30.9 Å². The summed E-state index contributed by atoms with van der Waals surface area (Å²) in [6.07, 6.45) is 0.834. The first-order valence-corrected chi connectivity index (χ1v) is 7.17. The number of hydrogen-bond donors (Lipinski definition) is 1. The third kappa shape index (κ3) is 2.34. The van der Waals surface area contributed by atoms with E-state index in [-0.39, 0.29) is 0 Å². The van der Waals surface area contributed by atoms with E-state index in [0.29, 0.717) is 0 Å². The molecule has 1 saturated heterocycles. The Hall–Kier alpha value is -1.16. The molecule has 0 aliphatic carbocycles. The van der Waals surface area contributed by atoms with Gasteiger partial charge in [0.15, 0.2) is 0 Å². The van der Waals surface area contributed by atoms with Crippen LogP contribution in [0.5, 0.6) is 0 Å². The lowest BCUT2D eigenvalue weighted by Crippen LogP contribution is -2.29. The van der Waals surface area contributed by atoms with Crippen LogP contribution in [-0.2, 0) is 12.1 Å². The van der Waals surface area contributed by atoms with Crippen LogP contribution in [0.2, 0.25) is 0 Å². The van der Waals surface area contributed by atoms with Gasteiger partial charge in [0.05, 0.1) is 0 Å². The average molecular weight is 259 g/mol. The van der Waals surface area contributed by atoms with Crippen LogP contribution in [0, 0.1) is 0 Å². The van der Waals surface area contributed by atoms with Crippen molar-refractivity contribution in [2.75, 3.05) is 13.1 Å². The molecule has 0 spiro atoms. The van der Waals surface area contributed by atoms with Crippen molar-refractivity contribution in [1.29, 1.82) is 0 Å². The third-order valence-corrected chi connectivity index (χ3v) is 4.62. The molecule has 2 heterocycles. The fourth-order valence-corrected chi connectivity index (χ4v) is 3.44. The Bertz CT molecular complexity index is 496. The number of thiophene rings is 1. The van der Waals surface area contributed by atoms with Crippen LogP contribution in [0.25, 0.3) is 0 Å². The van der Waals surface area contributed by atoms with Crippen molar-refractivity contribution >= 4 is 11.3 Å². The van der Waals surface area contributed by atoms with Crippen molar-refractivity contribution in [2.45, 2.75) is 18.6 Å². The highest BCUT2D eigenvalue weighted by Crippen LogP contribution is 2.35. The zero-order chi connectivity index (χ0) is 12.4. The predicted molar refractivity (Wildman–Crippen MR) is 74.6 cm³/mol. The average Bonchev–Trinajstić information content (AvgIpc) is 3.01. The van der Waals surface area contributed by atoms with E-state index in [2.05, 4.69) is 29.2 Å². The summed E-state index contributed by atoms with van der Waals surface area (Å²) in [6.45, 7) is 2.63. The zero-order valence-corrected chi connectivity index (χ0v) is 11.1. The van der Waals surface area contributed by atoms with E-state index < -0.39 is 5.60 Å². The second-order valence-electron chi connectivity index (χ2n) is 4.96. The topological polar surface area (TPSA) is 23.5 Å². The van der Waals surface area contributed by atoms with Gasteiger partial charge in [0.2, 0.25) is 0 Å². The van der Waals surface area contributed by atoms with E-state index in [1.807, 2.05) is 23.6 Å². The molecule has 94 valence electrons. The number of rotatable bonds is 3. The Morgan fingerprint density at radius 2 is 2.00 bits per heavy atom. The molecule has 1 aliphatic heterocycles. The molecular weight excluding hydrogens is 242 g/mol. The Morgan fingerprint density at radius 3 is 2.72 bits per heavy atom. The Kier molecular flexibility index (Phi) is 3.20. The van der Waals surface area contributed by atoms with E-state index in [1.165, 1.54) is 5.56 Å². The molecule has 1 N–H and O–H groups in total. The van der Waals surface area contributed by atoms with Crippen LogP contribution >= 0.6 is 11.3 Å². The molecule has 0 radical (unpaired) electrons. The second kappa shape index (κ2) is 4.84. The van der Waals surface area contributed by atoms with Crippen molar-refractivity contribution in [3.05, 3.63) is 58.3 Å². The number of benzene rings is 1. The highest BCUT2D eigenvalue weighted by atomic mass is 32.1. The van der Waals surface area contributed by atoms with Gasteiger partial charge < -0.3 is 5.11 Å². The van der Waals surface area contributed by atoms with Crippen molar-refractivity contribution in [1.82, 2.24) is 4.90 Å². The van der Waals surface area contributed by atoms with Crippen LogP contribution in [0.15, 0.2) is 47.8 Å². The quantitative estimate of drug-likeness (QED) is 0.916. The van der Waals surface area contributed by atoms with E-state index in [1.54, 1.807) is 11.3 Å². The van der Waals surface area contributed by atoms with Gasteiger partial charge >= 0.3 is 0 Å². The van der Waals surface area contributed by atoms with Gasteiger partial charge in [-0.2, -0.15) is 0 Å². The van der Waals surface area contributed by atoms with Crippen LogP contribution < -0.4 is 0 Å². The van der Waals surface area contributed by atoms with Gasteiger partial charge in [-0.25, -0.2) is 0 Å². The van der Waals surface area contributed by atoms with Crippen LogP contribution in [0.3, 0.4) is 0 Å². The van der Waals surface area contributed by atoms with Gasteiger partial charge in [-0.05, 0) is 23.4 Å². The number of likely N-dealkylation sites (tertiary alicyclic amines) is 1. The summed E-state index contributed by atoms with van der Waals surface area (Å²) in [6, 6.07) is 14.5. The van der Waals surface area contributed by atoms with Gasteiger partial charge in [-0.1, -0.05) is 36.4 Å². The molecule has 1 aliphatic rings. The highest BCUT2D eigenvalue weighted by molar-refractivity contribution is 7.10. The van der Waals surface area contributed by atoms with E-state index >= 15 is 0 Å². The maximum absolute atomic E-state index is 10.7. The molecule has 0 amide bonds. The molecule has 3 heteroatoms. The largest absolute Gasteiger partial charge is 0.383 e. The minimum absolute atomic E-state index is 0.636. The Balaban J connectivity index is 1.69. The summed E-state index contributed by atoms with van der Waals surface area (Å²) in [5, 5.41) is 12.7. The van der Waals surface area contributed by atoms with Gasteiger partial charge in [0.25, 0.3) is 0 Å². The smallest absolute Gasteiger partial charge is 0.113 e. The fourth-order valence-electron chi connectivity index (χ4n) is 2.59. The maximum atomic E-state index is 10.7. The molecule has 2 aromatic rings. The number of hydrogen-bond acceptors (Lipinski definition) is 3. The fraction of sp³-hybridized carbons (Fsp3) is 0.333. The monoisotopic (exact) mass is 259 g/mol. The molecule has 0 bridgehead atoms. The van der Waals surface area contributed by atoms with Crippen LogP contribution in [-0.4, -0.2) is 23.1 Å². The Labute approximate surface area is 112 Å². The molecule has 0 saturated carbocycles. The molecule has 1 unspecified atom stereocenters. The van der Waals surface area contributed by atoms with Crippen LogP contribution in [0.4, 0.5) is 0 Å². The van der Waals surface area contributed by atoms with Crippen molar-refractivity contribution in [3.63, 3.8) is 0 Å². The molecule has 18 heavy (non-hydrogen) atoms. The normalized spacial score (nSPS) is 24.5. The summed E-state index contributed by atoms with van der Waals surface area (Å²) in [5.41, 5.74) is 0.677. The first-order valence-electron chi connectivity index (χ1n) is 6.29. The summed E-state index contributed by atoms with van der Waals surface area (Å²) in [7, 11) is 0. The summed E-state index contributed by atoms with van der Waals surface area (Å²) >= 11 is 1.65. The lowest BCUT2D eigenvalue weighted by atomic mass is 10.0. The molecule has 1 aromatic heterocycles. The minimum atomic E-state index is -0.636. The lowest BCUT2D eigenvalue weighted by molar-refractivity contribution is 0.0489. The summed E-state index contributed by atoms with van der Waals surface area (Å²) in [4.78, 5) is 3.42. The molecule has 3 rings (SSSR count). The number of aliphatic hydroxyl groups is 1. The van der Waals surface area contributed by atoms with Gasteiger partial charge in [0.1, 0.15) is 5.60 Å². The molecule has 1 aromatic carbocycles.